The fourth-order valence-electron chi connectivity index (χ4n) is 3.90. The lowest BCUT2D eigenvalue weighted by molar-refractivity contribution is 0.0879. The van der Waals surface area contributed by atoms with E-state index in [0.717, 1.165) is 6.61 Å². The summed E-state index contributed by atoms with van der Waals surface area (Å²) in [6.07, 6.45) is 21.4. The van der Waals surface area contributed by atoms with E-state index in [4.69, 9.17) is 4.74 Å². The van der Waals surface area contributed by atoms with Crippen LogP contribution in [0.5, 0.6) is 0 Å². The van der Waals surface area contributed by atoms with Gasteiger partial charge in [0.25, 0.3) is 0 Å². The molecule has 10 radical (unpaired) electrons. The van der Waals surface area contributed by atoms with Gasteiger partial charge in [0.1, 0.15) is 0 Å². The molecule has 0 aromatic carbocycles. The van der Waals surface area contributed by atoms with Crippen molar-refractivity contribution in [3.63, 3.8) is 0 Å². The zero-order chi connectivity index (χ0) is 15.4. The van der Waals surface area contributed by atoms with Gasteiger partial charge in [-0.3, -0.25) is 4.90 Å². The second-order valence-electron chi connectivity index (χ2n) is 6.58. The Hall–Kier alpha value is -0.0800. The summed E-state index contributed by atoms with van der Waals surface area (Å²) in [5.74, 6) is 3.50. The third-order valence-corrected chi connectivity index (χ3v) is 5.09. The minimum atomic E-state index is 0.502. The molecule has 3 fully saturated rings. The standard InChI is InChI=1S/C20H27NO/c1-16(17-8-3-4-9-17)14-20(18-10-5-6-11-18)21-13-7-12-19(21)15-22-2/h3-6,8-11,16,19-20H,7,12-15H2,1-2H3/t16-,19-,20-/m0/s1. The first-order valence-electron chi connectivity index (χ1n) is 8.47. The van der Waals surface area contributed by atoms with E-state index in [9.17, 15) is 0 Å². The van der Waals surface area contributed by atoms with Gasteiger partial charge in [-0.1, -0.05) is 6.92 Å². The number of nitrogens with zero attached hydrogens (tertiary/aromatic N) is 1. The van der Waals surface area contributed by atoms with Crippen molar-refractivity contribution in [2.24, 2.45) is 5.92 Å². The monoisotopic (exact) mass is 297 g/mol. The molecule has 0 bridgehead atoms. The summed E-state index contributed by atoms with van der Waals surface area (Å²) in [6.45, 7) is 4.40. The Balaban J connectivity index is 1.66. The molecule has 2 heteroatoms. The van der Waals surface area contributed by atoms with Crippen molar-refractivity contribution in [2.75, 3.05) is 20.3 Å². The van der Waals surface area contributed by atoms with Gasteiger partial charge in [0, 0.05) is 25.1 Å². The molecule has 2 saturated carbocycles. The van der Waals surface area contributed by atoms with E-state index in [1.807, 2.05) is 7.11 Å². The van der Waals surface area contributed by atoms with Crippen LogP contribution in [-0.2, 0) is 4.74 Å². The Labute approximate surface area is 138 Å². The van der Waals surface area contributed by atoms with Crippen LogP contribution in [0.1, 0.15) is 26.2 Å². The molecule has 1 heterocycles. The molecule has 0 spiro atoms. The van der Waals surface area contributed by atoms with Crippen LogP contribution >= 0.6 is 0 Å². The largest absolute Gasteiger partial charge is 0.383 e. The highest BCUT2D eigenvalue weighted by atomic mass is 16.5. The third-order valence-electron chi connectivity index (χ3n) is 5.09. The highest BCUT2D eigenvalue weighted by Gasteiger charge is 2.38. The molecule has 0 unspecified atom stereocenters. The van der Waals surface area contributed by atoms with Gasteiger partial charge < -0.3 is 4.74 Å². The average molecular weight is 297 g/mol. The third kappa shape index (κ3) is 3.87. The summed E-state index contributed by atoms with van der Waals surface area (Å²) in [7, 11) is 1.82. The molecule has 22 heavy (non-hydrogen) atoms. The molecule has 3 atom stereocenters. The van der Waals surface area contributed by atoms with Crippen molar-refractivity contribution < 1.29 is 4.74 Å². The number of hydrogen-bond acceptors (Lipinski definition) is 2. The Kier molecular flexibility index (Phi) is 6.21. The SMILES string of the molecule is COC[C@@H]1CCCN1[C@@H](C[C@H](C)[C]1[CH][CH][CH][CH]1)[C]1[CH][CH][CH][CH]1. The summed E-state index contributed by atoms with van der Waals surface area (Å²) < 4.78 is 5.46. The van der Waals surface area contributed by atoms with Gasteiger partial charge in [-0.2, -0.15) is 0 Å². The van der Waals surface area contributed by atoms with Crippen molar-refractivity contribution in [3.05, 3.63) is 63.2 Å². The molecule has 3 rings (SSSR count). The summed E-state index contributed by atoms with van der Waals surface area (Å²) in [5, 5.41) is 0. The van der Waals surface area contributed by atoms with E-state index < -0.39 is 0 Å². The molecule has 1 aliphatic heterocycles. The van der Waals surface area contributed by atoms with E-state index in [1.165, 1.54) is 37.6 Å². The Morgan fingerprint density at radius 3 is 2.36 bits per heavy atom. The van der Waals surface area contributed by atoms with Crippen LogP contribution in [-0.4, -0.2) is 37.2 Å². The molecule has 2 nitrogen and oxygen atoms in total. The number of rotatable bonds is 7. The van der Waals surface area contributed by atoms with Crippen LogP contribution in [0.2, 0.25) is 0 Å². The number of ether oxygens (including phenoxy) is 1. The predicted molar refractivity (Wildman–Crippen MR) is 90.1 cm³/mol. The zero-order valence-electron chi connectivity index (χ0n) is 13.7. The fraction of sp³-hybridized carbons (Fsp3) is 0.500. The predicted octanol–water partition coefficient (Wildman–Crippen LogP) is 3.30. The van der Waals surface area contributed by atoms with E-state index in [1.54, 1.807) is 0 Å². The second kappa shape index (κ2) is 8.15. The summed E-state index contributed by atoms with van der Waals surface area (Å²) in [4.78, 5) is 2.68. The smallest absolute Gasteiger partial charge is 0.0618 e. The lowest BCUT2D eigenvalue weighted by Gasteiger charge is -2.38. The van der Waals surface area contributed by atoms with Crippen LogP contribution in [0.15, 0.2) is 0 Å². The zero-order valence-corrected chi connectivity index (χ0v) is 13.7. The van der Waals surface area contributed by atoms with E-state index >= 15 is 0 Å². The molecule has 2 aliphatic carbocycles. The fourth-order valence-corrected chi connectivity index (χ4v) is 3.90. The molecule has 118 valence electrons. The summed E-state index contributed by atoms with van der Waals surface area (Å²) in [6, 6.07) is 1.07. The highest BCUT2D eigenvalue weighted by molar-refractivity contribution is 5.40. The van der Waals surface area contributed by atoms with Gasteiger partial charge in [0.2, 0.25) is 0 Å². The molecule has 3 aliphatic rings. The van der Waals surface area contributed by atoms with Crippen LogP contribution in [0.3, 0.4) is 0 Å². The van der Waals surface area contributed by atoms with Gasteiger partial charge in [-0.15, -0.1) is 0 Å². The summed E-state index contributed by atoms with van der Waals surface area (Å²) in [5.41, 5.74) is 0. The maximum atomic E-state index is 5.46. The first-order valence-corrected chi connectivity index (χ1v) is 8.47. The van der Waals surface area contributed by atoms with Gasteiger partial charge >= 0.3 is 0 Å². The average Bonchev–Trinajstić information content (AvgIpc) is 3.26. The van der Waals surface area contributed by atoms with E-state index in [0.29, 0.717) is 18.0 Å². The Morgan fingerprint density at radius 2 is 1.73 bits per heavy atom. The first-order chi connectivity index (χ1) is 10.8. The van der Waals surface area contributed by atoms with Crippen molar-refractivity contribution >= 4 is 0 Å². The maximum Gasteiger partial charge on any atom is 0.0618 e. The minimum absolute atomic E-state index is 0.502. The number of hydrogen-bond donors (Lipinski definition) is 0. The van der Waals surface area contributed by atoms with Crippen LogP contribution in [0, 0.1) is 69.1 Å². The van der Waals surface area contributed by atoms with Crippen LogP contribution < -0.4 is 0 Å². The highest BCUT2D eigenvalue weighted by Crippen LogP contribution is 2.40. The number of likely N-dealkylation sites (tertiary alicyclic amines) is 1. The molecule has 1 saturated heterocycles. The molecular formula is C20H27NO. The van der Waals surface area contributed by atoms with Gasteiger partial charge in [-0.05, 0) is 89.0 Å². The van der Waals surface area contributed by atoms with Gasteiger partial charge in [-0.25, -0.2) is 0 Å². The lowest BCUT2D eigenvalue weighted by atomic mass is 9.82. The van der Waals surface area contributed by atoms with Gasteiger partial charge in [0.15, 0.2) is 0 Å². The van der Waals surface area contributed by atoms with Crippen molar-refractivity contribution in [1.82, 2.24) is 4.90 Å². The first kappa shape index (κ1) is 16.8. The normalized spacial score (nSPS) is 31.1. The van der Waals surface area contributed by atoms with E-state index in [-0.39, 0.29) is 0 Å². The van der Waals surface area contributed by atoms with Crippen LogP contribution in [0.25, 0.3) is 0 Å². The Bertz CT molecular complexity index is 320. The maximum absolute atomic E-state index is 5.46. The second-order valence-corrected chi connectivity index (χ2v) is 6.58. The molecule has 0 aromatic rings. The molecule has 0 amide bonds. The summed E-state index contributed by atoms with van der Waals surface area (Å²) >= 11 is 0. The Morgan fingerprint density at radius 1 is 1.09 bits per heavy atom. The molecule has 0 N–H and O–H groups in total. The van der Waals surface area contributed by atoms with Crippen molar-refractivity contribution in [3.8, 4) is 0 Å². The van der Waals surface area contributed by atoms with Crippen molar-refractivity contribution in [1.29, 1.82) is 0 Å². The van der Waals surface area contributed by atoms with Crippen LogP contribution in [0.4, 0.5) is 0 Å². The number of methoxy groups -OCH3 is 1. The van der Waals surface area contributed by atoms with E-state index in [2.05, 4.69) is 63.2 Å². The minimum Gasteiger partial charge on any atom is -0.383 e. The lowest BCUT2D eigenvalue weighted by Crippen LogP contribution is -2.45. The van der Waals surface area contributed by atoms with Crippen molar-refractivity contribution in [2.45, 2.75) is 38.3 Å². The van der Waals surface area contributed by atoms with Gasteiger partial charge in [0.05, 0.1) is 6.61 Å². The topological polar surface area (TPSA) is 12.5 Å². The quantitative estimate of drug-likeness (QED) is 0.715. The molecule has 0 aromatic heterocycles. The molecular weight excluding hydrogens is 270 g/mol.